The highest BCUT2D eigenvalue weighted by atomic mass is 16.4. The average Bonchev–Trinajstić information content (AvgIpc) is 3.43. The fourth-order valence-electron chi connectivity index (χ4n) is 3.91. The molecule has 6 nitrogen and oxygen atoms in total. The fraction of sp³-hybridized carbons (Fsp3) is 0.632. The van der Waals surface area contributed by atoms with Gasteiger partial charge in [0.25, 0.3) is 0 Å². The van der Waals surface area contributed by atoms with Gasteiger partial charge in [-0.15, -0.1) is 0 Å². The molecule has 0 aromatic carbocycles. The van der Waals surface area contributed by atoms with E-state index < -0.39 is 5.97 Å². The summed E-state index contributed by atoms with van der Waals surface area (Å²) in [6.45, 7) is 1.01. The predicted molar refractivity (Wildman–Crippen MR) is 92.0 cm³/mol. The molecule has 1 aromatic heterocycles. The first-order valence-electron chi connectivity index (χ1n) is 9.26. The maximum Gasteiger partial charge on any atom is 0.317 e. The minimum Gasteiger partial charge on any atom is -0.480 e. The number of carbonyl (C=O) groups is 2. The van der Waals surface area contributed by atoms with Gasteiger partial charge in [-0.05, 0) is 55.6 Å². The van der Waals surface area contributed by atoms with Crippen LogP contribution in [0.5, 0.6) is 0 Å². The van der Waals surface area contributed by atoms with Crippen molar-refractivity contribution < 1.29 is 14.7 Å². The van der Waals surface area contributed by atoms with E-state index in [2.05, 4.69) is 15.2 Å². The Kier molecular flexibility index (Phi) is 4.46. The summed E-state index contributed by atoms with van der Waals surface area (Å²) in [5, 5.41) is 12.3. The van der Waals surface area contributed by atoms with Crippen molar-refractivity contribution in [3.63, 3.8) is 0 Å². The Morgan fingerprint density at radius 3 is 2.72 bits per heavy atom. The number of hydrogen-bond donors (Lipinski definition) is 2. The van der Waals surface area contributed by atoms with E-state index in [0.717, 1.165) is 31.4 Å². The summed E-state index contributed by atoms with van der Waals surface area (Å²) < 4.78 is 0. The summed E-state index contributed by atoms with van der Waals surface area (Å²) in [7, 11) is 0. The van der Waals surface area contributed by atoms with Crippen LogP contribution in [0.15, 0.2) is 24.5 Å². The second-order valence-electron chi connectivity index (χ2n) is 7.83. The number of aromatic nitrogens is 1. The van der Waals surface area contributed by atoms with Gasteiger partial charge >= 0.3 is 5.97 Å². The van der Waals surface area contributed by atoms with Crippen LogP contribution in [0.25, 0.3) is 0 Å². The average molecular weight is 343 g/mol. The molecule has 4 rings (SSSR count). The number of carboxylic acid groups (broad SMARTS) is 1. The second-order valence-corrected chi connectivity index (χ2v) is 7.83. The Hall–Kier alpha value is -1.95. The van der Waals surface area contributed by atoms with Crippen LogP contribution >= 0.6 is 0 Å². The van der Waals surface area contributed by atoms with Crippen LogP contribution in [-0.2, 0) is 9.59 Å². The first-order chi connectivity index (χ1) is 12.1. The number of carbonyl (C=O) groups excluding carboxylic acids is 1. The van der Waals surface area contributed by atoms with Crippen LogP contribution in [0.1, 0.15) is 43.6 Å². The van der Waals surface area contributed by atoms with Gasteiger partial charge in [0.15, 0.2) is 0 Å². The van der Waals surface area contributed by atoms with Crippen molar-refractivity contribution in [2.24, 2.45) is 11.8 Å². The number of nitrogens with zero attached hydrogens (tertiary/aromatic N) is 2. The molecule has 0 bridgehead atoms. The third-order valence-electron chi connectivity index (χ3n) is 5.74. The van der Waals surface area contributed by atoms with Crippen molar-refractivity contribution in [2.45, 2.75) is 50.1 Å². The fourth-order valence-corrected chi connectivity index (χ4v) is 3.91. The molecule has 25 heavy (non-hydrogen) atoms. The van der Waals surface area contributed by atoms with Crippen LogP contribution in [0.2, 0.25) is 0 Å². The maximum atomic E-state index is 12.4. The molecule has 2 N–H and O–H groups in total. The molecule has 0 spiro atoms. The number of nitrogens with one attached hydrogen (secondary N) is 1. The van der Waals surface area contributed by atoms with Crippen LogP contribution in [0, 0.1) is 11.8 Å². The van der Waals surface area contributed by atoms with E-state index in [0.29, 0.717) is 17.9 Å². The molecule has 3 aliphatic rings. The third kappa shape index (κ3) is 4.00. The molecule has 3 aliphatic carbocycles. The standard InChI is InChI=1S/C19H25N3O3/c23-18(24)11-22(10-12-3-4-12)15-6-14(7-15)21-19(25)17-8-16(17)13-2-1-5-20-9-13/h1-2,5,9,12,14-17H,3-4,6-8,10-11H2,(H,21,25)(H,23,24)/t14?,15?,16-,17-/m1/s1. The summed E-state index contributed by atoms with van der Waals surface area (Å²) in [6.07, 6.45) is 8.69. The molecule has 0 saturated heterocycles. The number of carboxylic acids is 1. The van der Waals surface area contributed by atoms with Crippen LogP contribution in [-0.4, -0.2) is 52.0 Å². The molecule has 134 valence electrons. The van der Waals surface area contributed by atoms with Gasteiger partial charge in [-0.1, -0.05) is 6.07 Å². The second kappa shape index (κ2) is 6.75. The Morgan fingerprint density at radius 1 is 1.28 bits per heavy atom. The SMILES string of the molecule is O=C(O)CN(CC1CC1)C1CC(NC(=O)[C@@H]2C[C@@H]2c2cccnc2)C1. The molecular weight excluding hydrogens is 318 g/mol. The minimum absolute atomic E-state index is 0.0739. The smallest absolute Gasteiger partial charge is 0.317 e. The lowest BCUT2D eigenvalue weighted by Gasteiger charge is -2.42. The first-order valence-corrected chi connectivity index (χ1v) is 9.26. The van der Waals surface area contributed by atoms with E-state index >= 15 is 0 Å². The number of aliphatic carboxylic acids is 1. The van der Waals surface area contributed by atoms with Crippen molar-refractivity contribution in [2.75, 3.05) is 13.1 Å². The molecule has 1 aromatic rings. The topological polar surface area (TPSA) is 82.5 Å². The number of hydrogen-bond acceptors (Lipinski definition) is 4. The molecule has 0 aliphatic heterocycles. The van der Waals surface area contributed by atoms with Crippen molar-refractivity contribution in [1.82, 2.24) is 15.2 Å². The van der Waals surface area contributed by atoms with Gasteiger partial charge in [0.05, 0.1) is 6.54 Å². The van der Waals surface area contributed by atoms with Crippen molar-refractivity contribution in [1.29, 1.82) is 0 Å². The lowest BCUT2D eigenvalue weighted by molar-refractivity contribution is -0.140. The van der Waals surface area contributed by atoms with Gasteiger partial charge in [0, 0.05) is 36.9 Å². The predicted octanol–water partition coefficient (Wildman–Crippen LogP) is 1.63. The molecule has 1 amide bonds. The molecule has 1 heterocycles. The Labute approximate surface area is 147 Å². The van der Waals surface area contributed by atoms with Crippen LogP contribution in [0.4, 0.5) is 0 Å². The number of amides is 1. The third-order valence-corrected chi connectivity index (χ3v) is 5.74. The van der Waals surface area contributed by atoms with Crippen LogP contribution in [0.3, 0.4) is 0 Å². The monoisotopic (exact) mass is 343 g/mol. The van der Waals surface area contributed by atoms with E-state index in [1.54, 1.807) is 6.20 Å². The quantitative estimate of drug-likeness (QED) is 0.750. The van der Waals surface area contributed by atoms with Gasteiger partial charge in [0.2, 0.25) is 5.91 Å². The van der Waals surface area contributed by atoms with E-state index in [9.17, 15) is 9.59 Å². The van der Waals surface area contributed by atoms with Crippen molar-refractivity contribution in [3.8, 4) is 0 Å². The highest BCUT2D eigenvalue weighted by molar-refractivity contribution is 5.83. The van der Waals surface area contributed by atoms with Crippen molar-refractivity contribution in [3.05, 3.63) is 30.1 Å². The lowest BCUT2D eigenvalue weighted by Crippen LogP contribution is -2.55. The van der Waals surface area contributed by atoms with E-state index in [4.69, 9.17) is 5.11 Å². The Bertz CT molecular complexity index is 641. The maximum absolute atomic E-state index is 12.4. The molecule has 2 atom stereocenters. The normalized spacial score (nSPS) is 30.6. The van der Waals surface area contributed by atoms with Gasteiger partial charge in [-0.2, -0.15) is 0 Å². The zero-order chi connectivity index (χ0) is 17.4. The summed E-state index contributed by atoms with van der Waals surface area (Å²) in [5.74, 6) is 0.446. The molecule has 0 unspecified atom stereocenters. The van der Waals surface area contributed by atoms with E-state index in [-0.39, 0.29) is 24.4 Å². The molecule has 3 fully saturated rings. The summed E-state index contributed by atoms with van der Waals surface area (Å²) in [5.41, 5.74) is 1.14. The summed E-state index contributed by atoms with van der Waals surface area (Å²) in [6, 6.07) is 4.45. The minimum atomic E-state index is -0.759. The molecular formula is C19H25N3O3. The highest BCUT2D eigenvalue weighted by Crippen LogP contribution is 2.47. The van der Waals surface area contributed by atoms with Crippen LogP contribution < -0.4 is 5.32 Å². The van der Waals surface area contributed by atoms with Gasteiger partial charge in [0.1, 0.15) is 0 Å². The van der Waals surface area contributed by atoms with Gasteiger partial charge in [-0.25, -0.2) is 0 Å². The molecule has 6 heteroatoms. The van der Waals surface area contributed by atoms with Crippen molar-refractivity contribution >= 4 is 11.9 Å². The number of pyridine rings is 1. The first kappa shape index (κ1) is 16.5. The van der Waals surface area contributed by atoms with E-state index in [1.165, 1.54) is 12.8 Å². The number of rotatable bonds is 8. The van der Waals surface area contributed by atoms with Gasteiger partial charge in [-0.3, -0.25) is 19.5 Å². The largest absolute Gasteiger partial charge is 0.480 e. The Morgan fingerprint density at radius 2 is 2.08 bits per heavy atom. The molecule has 3 saturated carbocycles. The Balaban J connectivity index is 1.22. The zero-order valence-corrected chi connectivity index (χ0v) is 14.3. The zero-order valence-electron chi connectivity index (χ0n) is 14.3. The highest BCUT2D eigenvalue weighted by Gasteiger charge is 2.46. The summed E-state index contributed by atoms with van der Waals surface area (Å²) in [4.78, 5) is 29.7. The van der Waals surface area contributed by atoms with E-state index in [1.807, 2.05) is 18.3 Å². The lowest BCUT2D eigenvalue weighted by atomic mass is 9.85. The molecule has 0 radical (unpaired) electrons. The van der Waals surface area contributed by atoms with Gasteiger partial charge < -0.3 is 10.4 Å². The summed E-state index contributed by atoms with van der Waals surface area (Å²) >= 11 is 0.